The van der Waals surface area contributed by atoms with Gasteiger partial charge < -0.3 is 0 Å². The molecule has 1 aromatic heterocycles. The van der Waals surface area contributed by atoms with Crippen molar-refractivity contribution in [3.8, 4) is 0 Å². The van der Waals surface area contributed by atoms with Gasteiger partial charge >= 0.3 is 5.51 Å². The van der Waals surface area contributed by atoms with E-state index in [9.17, 15) is 13.2 Å². The van der Waals surface area contributed by atoms with E-state index in [-0.39, 0.29) is 0 Å². The van der Waals surface area contributed by atoms with Gasteiger partial charge in [0.1, 0.15) is 0 Å². The van der Waals surface area contributed by atoms with Crippen molar-refractivity contribution in [2.24, 2.45) is 0 Å². The first-order valence-corrected chi connectivity index (χ1v) is 6.28. The number of aryl methyl sites for hydroxylation is 2. The molecule has 0 fully saturated rings. The summed E-state index contributed by atoms with van der Waals surface area (Å²) in [5.74, 6) is 0. The molecule has 0 nitrogen and oxygen atoms in total. The second kappa shape index (κ2) is 3.77. The van der Waals surface area contributed by atoms with E-state index in [0.717, 1.165) is 17.4 Å². The van der Waals surface area contributed by atoms with Crippen molar-refractivity contribution in [1.82, 2.24) is 0 Å². The molecule has 0 saturated heterocycles. The van der Waals surface area contributed by atoms with Crippen LogP contribution in [0.15, 0.2) is 24.3 Å². The van der Waals surface area contributed by atoms with Gasteiger partial charge in [-0.2, -0.15) is 0 Å². The summed E-state index contributed by atoms with van der Waals surface area (Å²) in [6.07, 6.45) is 0.765. The minimum atomic E-state index is -4.15. The molecule has 0 bridgehead atoms. The molecule has 0 spiro atoms. The zero-order valence-corrected chi connectivity index (χ0v) is 9.88. The Bertz CT molecular complexity index is 523. The van der Waals surface area contributed by atoms with Crippen LogP contribution in [0.5, 0.6) is 0 Å². The lowest BCUT2D eigenvalue weighted by Crippen LogP contribution is -1.96. The summed E-state index contributed by atoms with van der Waals surface area (Å²) in [5.41, 5.74) is -3.19. The number of halogens is 3. The molecule has 2 rings (SSSR count). The number of fused-ring (bicyclic) bond motifs is 1. The van der Waals surface area contributed by atoms with Crippen LogP contribution in [-0.2, 0) is 11.9 Å². The van der Waals surface area contributed by atoms with E-state index >= 15 is 0 Å². The number of benzene rings is 1. The molecule has 0 N–H and O–H groups in total. The Morgan fingerprint density at radius 2 is 1.88 bits per heavy atom. The zero-order valence-electron chi connectivity index (χ0n) is 9.06. The predicted molar refractivity (Wildman–Crippen MR) is 61.8 cm³/mol. The van der Waals surface area contributed by atoms with Crippen molar-refractivity contribution < 1.29 is 13.2 Å². The maximum Gasteiger partial charge on any atom is 0.600 e. The lowest BCUT2D eigenvalue weighted by atomic mass is 10.1. The molecular weight excluding hydrogens is 233 g/mol. The first-order chi connectivity index (χ1) is 7.43. The second-order valence-electron chi connectivity index (χ2n) is 3.73. The van der Waals surface area contributed by atoms with Crippen LogP contribution in [-0.4, -0.2) is 0 Å². The third kappa shape index (κ3) is 1.82. The van der Waals surface area contributed by atoms with Gasteiger partial charge in [0.2, 0.25) is 0 Å². The molecule has 0 saturated carbocycles. The fraction of sp³-hybridized carbons (Fsp3) is 0.333. The Hall–Kier alpha value is -1.03. The van der Waals surface area contributed by atoms with Gasteiger partial charge in [-0.25, -0.2) is 0 Å². The average molecular weight is 245 g/mol. The van der Waals surface area contributed by atoms with Gasteiger partial charge in [0.05, 0.1) is 10.5 Å². The maximum absolute atomic E-state index is 12.9. The van der Waals surface area contributed by atoms with E-state index in [0.29, 0.717) is 9.58 Å². The van der Waals surface area contributed by atoms with Crippen molar-refractivity contribution in [3.05, 3.63) is 34.7 Å². The van der Waals surface area contributed by atoms with Crippen molar-refractivity contribution >= 4 is 20.6 Å². The van der Waals surface area contributed by atoms with Gasteiger partial charge in [-0.1, -0.05) is 13.0 Å². The van der Waals surface area contributed by atoms with Gasteiger partial charge in [0.25, 0.3) is 0 Å². The van der Waals surface area contributed by atoms with Crippen LogP contribution in [0.2, 0.25) is 0 Å². The molecule has 0 aliphatic heterocycles. The van der Waals surface area contributed by atoms with E-state index in [1.54, 1.807) is 25.1 Å². The Labute approximate surface area is 94.7 Å². The van der Waals surface area contributed by atoms with Crippen molar-refractivity contribution in [2.75, 3.05) is 0 Å². The Morgan fingerprint density at radius 1 is 1.19 bits per heavy atom. The normalized spacial score (nSPS) is 13.4. The van der Waals surface area contributed by atoms with Crippen LogP contribution < -0.4 is 0 Å². The summed E-state index contributed by atoms with van der Waals surface area (Å²) in [5, 5.41) is 0.718. The summed E-state index contributed by atoms with van der Waals surface area (Å²) >= 11 is 0. The highest BCUT2D eigenvalue weighted by atomic mass is 32.2. The fourth-order valence-electron chi connectivity index (χ4n) is 1.85. The van der Waals surface area contributed by atoms with Crippen molar-refractivity contribution in [3.63, 3.8) is 0 Å². The van der Waals surface area contributed by atoms with E-state index in [2.05, 4.69) is 0 Å². The average Bonchev–Trinajstić information content (AvgIpc) is 2.51. The number of hydrogen-bond acceptors (Lipinski definition) is 0. The number of hydrogen-bond donors (Lipinski definition) is 0. The fourth-order valence-corrected chi connectivity index (χ4v) is 3.69. The first-order valence-electron chi connectivity index (χ1n) is 5.06. The van der Waals surface area contributed by atoms with Crippen LogP contribution in [0, 0.1) is 6.92 Å². The SMILES string of the molecule is CCc1ccc2cc(C)[s+](C(F)(F)F)c2c1. The van der Waals surface area contributed by atoms with Gasteiger partial charge in [-0.05, 0) is 18.1 Å². The summed E-state index contributed by atoms with van der Waals surface area (Å²) in [4.78, 5) is 0.413. The minimum Gasteiger partial charge on any atom is -0.118 e. The number of rotatable bonds is 1. The second-order valence-corrected chi connectivity index (χ2v) is 5.89. The topological polar surface area (TPSA) is 0 Å². The van der Waals surface area contributed by atoms with Crippen LogP contribution in [0.4, 0.5) is 13.2 Å². The summed E-state index contributed by atoms with van der Waals surface area (Å²) in [6, 6.07) is 7.02. The monoisotopic (exact) mass is 245 g/mol. The lowest BCUT2D eigenvalue weighted by Gasteiger charge is -1.98. The molecule has 0 aliphatic rings. The molecule has 86 valence electrons. The molecule has 1 atom stereocenters. The number of thiophene rings is 1. The smallest absolute Gasteiger partial charge is 0.118 e. The van der Waals surface area contributed by atoms with Crippen LogP contribution in [0.1, 0.15) is 17.4 Å². The third-order valence-electron chi connectivity index (χ3n) is 2.62. The lowest BCUT2D eigenvalue weighted by molar-refractivity contribution is -0.0867. The molecule has 0 aliphatic carbocycles. The van der Waals surface area contributed by atoms with Gasteiger partial charge in [0, 0.05) is 24.4 Å². The van der Waals surface area contributed by atoms with Crippen LogP contribution >= 0.6 is 10.5 Å². The summed E-state index contributed by atoms with van der Waals surface area (Å²) < 4.78 is 39.1. The standard InChI is InChI=1S/C12H12F3S/c1-3-9-4-5-10-6-8(2)16(11(10)7-9)12(13,14)15/h4-7H,3H2,1-2H3/q+1. The molecule has 16 heavy (non-hydrogen) atoms. The summed E-state index contributed by atoms with van der Waals surface area (Å²) in [6.45, 7) is 3.50. The molecule has 4 heteroatoms. The molecule has 0 radical (unpaired) electrons. The highest BCUT2D eigenvalue weighted by Crippen LogP contribution is 2.50. The Balaban J connectivity index is 2.76. The largest absolute Gasteiger partial charge is 0.600 e. The van der Waals surface area contributed by atoms with Crippen LogP contribution in [0.3, 0.4) is 0 Å². The van der Waals surface area contributed by atoms with E-state index in [4.69, 9.17) is 0 Å². The van der Waals surface area contributed by atoms with Gasteiger partial charge in [-0.15, -0.1) is 13.2 Å². The molecule has 0 amide bonds. The first kappa shape index (κ1) is 11.5. The van der Waals surface area contributed by atoms with Crippen LogP contribution in [0.25, 0.3) is 10.1 Å². The van der Waals surface area contributed by atoms with Crippen molar-refractivity contribution in [2.45, 2.75) is 25.8 Å². The minimum absolute atomic E-state index is 0.413. The Kier molecular flexibility index (Phi) is 2.70. The quantitative estimate of drug-likeness (QED) is 0.624. The molecule has 2 aromatic rings. The van der Waals surface area contributed by atoms with E-state index in [1.807, 2.05) is 13.0 Å². The molecule has 1 aromatic carbocycles. The van der Waals surface area contributed by atoms with Gasteiger partial charge in [-0.3, -0.25) is 0 Å². The third-order valence-corrected chi connectivity index (χ3v) is 4.64. The molecule has 1 heterocycles. The zero-order chi connectivity index (χ0) is 11.9. The highest BCUT2D eigenvalue weighted by molar-refractivity contribution is 7.38. The van der Waals surface area contributed by atoms with Gasteiger partial charge in [0.15, 0.2) is 9.58 Å². The van der Waals surface area contributed by atoms with E-state index in [1.165, 1.54) is 0 Å². The Morgan fingerprint density at radius 3 is 2.44 bits per heavy atom. The van der Waals surface area contributed by atoms with Crippen molar-refractivity contribution in [1.29, 1.82) is 0 Å². The highest BCUT2D eigenvalue weighted by Gasteiger charge is 2.46. The van der Waals surface area contributed by atoms with E-state index < -0.39 is 16.0 Å². The molecular formula is C12H12F3S+. The molecule has 1 unspecified atom stereocenters. The summed E-state index contributed by atoms with van der Waals surface area (Å²) in [7, 11) is -1.72. The predicted octanol–water partition coefficient (Wildman–Crippen LogP) is 4.94. The maximum atomic E-state index is 12.9. The number of alkyl halides is 3.